The van der Waals surface area contributed by atoms with E-state index in [0.29, 0.717) is 0 Å². The lowest BCUT2D eigenvalue weighted by Crippen LogP contribution is -2.09. The number of nitrogens with two attached hydrogens (primary N) is 1. The highest BCUT2D eigenvalue weighted by molar-refractivity contribution is 5.41. The first-order valence-electron chi connectivity index (χ1n) is 5.88. The summed E-state index contributed by atoms with van der Waals surface area (Å²) in [6, 6.07) is 8.17. The second-order valence-electron chi connectivity index (χ2n) is 4.06. The maximum atomic E-state index is 12.5. The lowest BCUT2D eigenvalue weighted by Gasteiger charge is -2.05. The third kappa shape index (κ3) is 3.39. The van der Waals surface area contributed by atoms with Crippen molar-refractivity contribution >= 4 is 0 Å². The maximum Gasteiger partial charge on any atom is 0.435 e. The van der Waals surface area contributed by atoms with Gasteiger partial charge in [-0.05, 0) is 17.7 Å². The second-order valence-corrected chi connectivity index (χ2v) is 4.06. The molecule has 1 heterocycles. The van der Waals surface area contributed by atoms with Crippen molar-refractivity contribution in [3.8, 4) is 11.8 Å². The molecule has 0 aliphatic carbocycles. The summed E-state index contributed by atoms with van der Waals surface area (Å²) in [6.45, 7) is 0.458. The molecule has 20 heavy (non-hydrogen) atoms. The van der Waals surface area contributed by atoms with Crippen LogP contribution in [0.5, 0.6) is 0 Å². The minimum Gasteiger partial charge on any atom is -0.320 e. The number of rotatable bonds is 2. The molecule has 1 aromatic heterocycles. The highest BCUT2D eigenvalue weighted by atomic mass is 19.4. The molecular formula is C14H12F3N3. The van der Waals surface area contributed by atoms with Crippen molar-refractivity contribution in [2.75, 3.05) is 6.54 Å². The van der Waals surface area contributed by atoms with E-state index < -0.39 is 11.9 Å². The van der Waals surface area contributed by atoms with Crippen molar-refractivity contribution in [2.45, 2.75) is 12.7 Å². The topological polar surface area (TPSA) is 43.8 Å². The Kier molecular flexibility index (Phi) is 4.11. The minimum atomic E-state index is -4.43. The van der Waals surface area contributed by atoms with Gasteiger partial charge in [-0.1, -0.05) is 30.0 Å². The third-order valence-corrected chi connectivity index (χ3v) is 2.61. The van der Waals surface area contributed by atoms with Crippen LogP contribution in [-0.2, 0) is 12.7 Å². The molecule has 6 heteroatoms. The predicted molar refractivity (Wildman–Crippen MR) is 68.7 cm³/mol. The Morgan fingerprint density at radius 2 is 1.95 bits per heavy atom. The van der Waals surface area contributed by atoms with Crippen molar-refractivity contribution in [3.05, 3.63) is 53.3 Å². The van der Waals surface area contributed by atoms with Crippen LogP contribution in [-0.4, -0.2) is 16.3 Å². The van der Waals surface area contributed by atoms with Crippen LogP contribution >= 0.6 is 0 Å². The summed E-state index contributed by atoms with van der Waals surface area (Å²) in [4.78, 5) is 0. The fourth-order valence-electron chi connectivity index (χ4n) is 1.70. The lowest BCUT2D eigenvalue weighted by molar-refractivity contribution is -0.141. The van der Waals surface area contributed by atoms with Gasteiger partial charge in [0.2, 0.25) is 0 Å². The normalized spacial score (nSPS) is 11.0. The molecule has 2 aromatic rings. The molecule has 0 saturated carbocycles. The van der Waals surface area contributed by atoms with E-state index in [2.05, 4.69) is 16.9 Å². The van der Waals surface area contributed by atoms with E-state index in [1.165, 1.54) is 10.9 Å². The molecule has 0 fully saturated rings. The minimum absolute atomic E-state index is 0.228. The summed E-state index contributed by atoms with van der Waals surface area (Å²) in [5.74, 6) is 5.62. The molecule has 0 bridgehead atoms. The predicted octanol–water partition coefficient (Wildman–Crippen LogP) is 2.26. The number of nitrogens with zero attached hydrogens (tertiary/aromatic N) is 2. The average molecular weight is 279 g/mol. The summed E-state index contributed by atoms with van der Waals surface area (Å²) >= 11 is 0. The molecule has 0 saturated heterocycles. The van der Waals surface area contributed by atoms with Crippen LogP contribution in [0.25, 0.3) is 0 Å². The van der Waals surface area contributed by atoms with E-state index in [0.717, 1.165) is 17.2 Å². The summed E-state index contributed by atoms with van der Waals surface area (Å²) in [6.07, 6.45) is -3.12. The number of hydrogen-bond acceptors (Lipinski definition) is 2. The summed E-state index contributed by atoms with van der Waals surface area (Å²) in [5.41, 5.74) is 5.95. The Bertz CT molecular complexity index is 647. The summed E-state index contributed by atoms with van der Waals surface area (Å²) in [7, 11) is 0. The van der Waals surface area contributed by atoms with Gasteiger partial charge in [0.05, 0.1) is 13.1 Å². The zero-order chi connectivity index (χ0) is 14.6. The Labute approximate surface area is 114 Å². The van der Waals surface area contributed by atoms with E-state index in [9.17, 15) is 13.2 Å². The van der Waals surface area contributed by atoms with E-state index in [1.807, 2.05) is 6.07 Å². The molecule has 0 radical (unpaired) electrons. The van der Waals surface area contributed by atoms with Crippen molar-refractivity contribution < 1.29 is 13.2 Å². The number of benzene rings is 1. The van der Waals surface area contributed by atoms with Crippen LogP contribution in [0.4, 0.5) is 13.2 Å². The first kappa shape index (κ1) is 14.2. The number of halogens is 3. The smallest absolute Gasteiger partial charge is 0.320 e. The van der Waals surface area contributed by atoms with E-state index in [1.54, 1.807) is 18.2 Å². The molecule has 0 aliphatic rings. The maximum absolute atomic E-state index is 12.5. The van der Waals surface area contributed by atoms with Crippen molar-refractivity contribution in [3.63, 3.8) is 0 Å². The summed E-state index contributed by atoms with van der Waals surface area (Å²) < 4.78 is 38.7. The van der Waals surface area contributed by atoms with E-state index >= 15 is 0 Å². The molecule has 0 aliphatic heterocycles. The lowest BCUT2D eigenvalue weighted by atomic mass is 10.1. The number of hydrogen-bond donors (Lipinski definition) is 1. The molecule has 2 N–H and O–H groups in total. The largest absolute Gasteiger partial charge is 0.435 e. The van der Waals surface area contributed by atoms with Gasteiger partial charge in [0.1, 0.15) is 0 Å². The average Bonchev–Trinajstić information content (AvgIpc) is 2.86. The Morgan fingerprint density at radius 1 is 1.20 bits per heavy atom. The van der Waals surface area contributed by atoms with Gasteiger partial charge in [0, 0.05) is 11.8 Å². The zero-order valence-corrected chi connectivity index (χ0v) is 10.5. The van der Waals surface area contributed by atoms with Crippen LogP contribution in [0.15, 0.2) is 36.5 Å². The summed E-state index contributed by atoms with van der Waals surface area (Å²) in [5, 5.41) is 3.52. The number of aromatic nitrogens is 2. The van der Waals surface area contributed by atoms with Crippen LogP contribution in [0.3, 0.4) is 0 Å². The molecule has 1 aromatic carbocycles. The Morgan fingerprint density at radius 3 is 2.60 bits per heavy atom. The SMILES string of the molecule is NCC#Cc1ccccc1Cn1ccc(C(F)(F)F)n1. The fourth-order valence-corrected chi connectivity index (χ4v) is 1.70. The van der Waals surface area contributed by atoms with Gasteiger partial charge in [-0.3, -0.25) is 4.68 Å². The molecule has 2 rings (SSSR count). The third-order valence-electron chi connectivity index (χ3n) is 2.61. The monoisotopic (exact) mass is 279 g/mol. The van der Waals surface area contributed by atoms with Crippen LogP contribution < -0.4 is 5.73 Å². The van der Waals surface area contributed by atoms with Gasteiger partial charge in [-0.2, -0.15) is 18.3 Å². The molecule has 0 unspecified atom stereocenters. The van der Waals surface area contributed by atoms with Gasteiger partial charge < -0.3 is 5.73 Å². The standard InChI is InChI=1S/C14H12F3N3/c15-14(16,17)13-7-9-20(19-13)10-12-5-2-1-4-11(12)6-3-8-18/h1-2,4-5,7,9H,8,10,18H2. The van der Waals surface area contributed by atoms with E-state index in [-0.39, 0.29) is 13.1 Å². The van der Waals surface area contributed by atoms with Gasteiger partial charge in [-0.25, -0.2) is 0 Å². The molecule has 3 nitrogen and oxygen atoms in total. The fraction of sp³-hybridized carbons (Fsp3) is 0.214. The highest BCUT2D eigenvalue weighted by Gasteiger charge is 2.33. The Balaban J connectivity index is 2.24. The molecule has 0 spiro atoms. The number of alkyl halides is 3. The zero-order valence-electron chi connectivity index (χ0n) is 10.5. The van der Waals surface area contributed by atoms with Gasteiger partial charge in [-0.15, -0.1) is 0 Å². The van der Waals surface area contributed by atoms with Gasteiger partial charge in [0.25, 0.3) is 0 Å². The van der Waals surface area contributed by atoms with E-state index in [4.69, 9.17) is 5.73 Å². The van der Waals surface area contributed by atoms with Crippen molar-refractivity contribution in [1.29, 1.82) is 0 Å². The van der Waals surface area contributed by atoms with Gasteiger partial charge >= 0.3 is 6.18 Å². The van der Waals surface area contributed by atoms with Crippen LogP contribution in [0.1, 0.15) is 16.8 Å². The second kappa shape index (κ2) is 5.80. The highest BCUT2D eigenvalue weighted by Crippen LogP contribution is 2.27. The van der Waals surface area contributed by atoms with Gasteiger partial charge in [0.15, 0.2) is 5.69 Å². The Hall–Kier alpha value is -2.26. The first-order valence-corrected chi connectivity index (χ1v) is 5.88. The molecule has 0 atom stereocenters. The van der Waals surface area contributed by atoms with Crippen LogP contribution in [0.2, 0.25) is 0 Å². The van der Waals surface area contributed by atoms with Crippen LogP contribution in [0, 0.1) is 11.8 Å². The quantitative estimate of drug-likeness (QED) is 0.857. The molecule has 104 valence electrons. The molecule has 0 amide bonds. The van der Waals surface area contributed by atoms with Crippen molar-refractivity contribution in [1.82, 2.24) is 9.78 Å². The molecular weight excluding hydrogens is 267 g/mol. The van der Waals surface area contributed by atoms with Crippen molar-refractivity contribution in [2.24, 2.45) is 5.73 Å². The first-order chi connectivity index (χ1) is 9.50.